The van der Waals surface area contributed by atoms with Gasteiger partial charge in [-0.3, -0.25) is 0 Å². The SMILES string of the molecule is CC1(C)C2CCC1(C)C(O)([Si](C)(C)O[Si](C)(C)C)C2. The molecule has 4 heteroatoms. The molecule has 0 aliphatic heterocycles. The molecule has 2 aliphatic carbocycles. The van der Waals surface area contributed by atoms with Crippen molar-refractivity contribution in [3.63, 3.8) is 0 Å². The molecule has 0 heterocycles. The van der Waals surface area contributed by atoms with Crippen LogP contribution in [-0.4, -0.2) is 27.0 Å². The summed E-state index contributed by atoms with van der Waals surface area (Å²) >= 11 is 0. The van der Waals surface area contributed by atoms with E-state index in [0.29, 0.717) is 5.92 Å². The zero-order valence-electron chi connectivity index (χ0n) is 14.1. The molecule has 2 saturated carbocycles. The lowest BCUT2D eigenvalue weighted by Crippen LogP contribution is -2.67. The summed E-state index contributed by atoms with van der Waals surface area (Å²) in [6, 6.07) is 0. The quantitative estimate of drug-likeness (QED) is 0.793. The van der Waals surface area contributed by atoms with Gasteiger partial charge in [0.2, 0.25) is 8.32 Å². The number of rotatable bonds is 3. The van der Waals surface area contributed by atoms with Gasteiger partial charge in [0.25, 0.3) is 0 Å². The summed E-state index contributed by atoms with van der Waals surface area (Å²) in [5.74, 6) is 0.666. The third kappa shape index (κ3) is 1.94. The summed E-state index contributed by atoms with van der Waals surface area (Å²) in [4.78, 5) is 0. The topological polar surface area (TPSA) is 29.5 Å². The maximum atomic E-state index is 11.6. The molecule has 2 fully saturated rings. The molecular weight excluding hydrogens is 268 g/mol. The molecule has 0 aromatic rings. The molecule has 3 atom stereocenters. The number of aliphatic hydroxyl groups is 1. The average Bonchev–Trinajstić information content (AvgIpc) is 2.46. The van der Waals surface area contributed by atoms with E-state index in [4.69, 9.17) is 4.12 Å². The van der Waals surface area contributed by atoms with E-state index < -0.39 is 21.9 Å². The predicted molar refractivity (Wildman–Crippen MR) is 86.1 cm³/mol. The fourth-order valence-corrected chi connectivity index (χ4v) is 14.3. The lowest BCUT2D eigenvalue weighted by Gasteiger charge is -2.53. The fourth-order valence-electron chi connectivity index (χ4n) is 5.04. The van der Waals surface area contributed by atoms with Crippen LogP contribution in [0.5, 0.6) is 0 Å². The van der Waals surface area contributed by atoms with Gasteiger partial charge in [0.1, 0.15) is 0 Å². The summed E-state index contributed by atoms with van der Waals surface area (Å²) in [6.07, 6.45) is 3.40. The second-order valence-corrected chi connectivity index (χ2v) is 18.0. The molecule has 3 unspecified atom stereocenters. The Morgan fingerprint density at radius 2 is 1.58 bits per heavy atom. The van der Waals surface area contributed by atoms with E-state index in [9.17, 15) is 5.11 Å². The van der Waals surface area contributed by atoms with E-state index >= 15 is 0 Å². The highest BCUT2D eigenvalue weighted by Gasteiger charge is 2.73. The standard InChI is InChI=1S/C15H32O2Si2/c1-13(2)12-9-10-14(13,3)15(16,11-12)19(7,8)17-18(4,5)6/h12,16H,9-11H2,1-8H3. The summed E-state index contributed by atoms with van der Waals surface area (Å²) in [5.41, 5.74) is 0.273. The largest absolute Gasteiger partial charge is 0.454 e. The van der Waals surface area contributed by atoms with Crippen molar-refractivity contribution < 1.29 is 9.22 Å². The zero-order chi connectivity index (χ0) is 14.9. The van der Waals surface area contributed by atoms with Crippen LogP contribution in [0.1, 0.15) is 40.0 Å². The van der Waals surface area contributed by atoms with Crippen molar-refractivity contribution in [3.8, 4) is 0 Å². The molecule has 2 nitrogen and oxygen atoms in total. The van der Waals surface area contributed by atoms with E-state index in [1.54, 1.807) is 0 Å². The van der Waals surface area contributed by atoms with Gasteiger partial charge in [-0.1, -0.05) is 20.8 Å². The van der Waals surface area contributed by atoms with Gasteiger partial charge in [0, 0.05) is 5.41 Å². The normalized spacial score (nSPS) is 41.8. The van der Waals surface area contributed by atoms with Crippen molar-refractivity contribution in [2.45, 2.75) is 78.0 Å². The first-order valence-corrected chi connectivity index (χ1v) is 14.0. The zero-order valence-corrected chi connectivity index (χ0v) is 16.1. The molecule has 0 amide bonds. The first kappa shape index (κ1) is 15.7. The fraction of sp³-hybridized carbons (Fsp3) is 1.00. The molecule has 0 radical (unpaired) electrons. The molecule has 2 rings (SSSR count). The minimum atomic E-state index is -2.13. The Hall–Kier alpha value is 0.354. The maximum absolute atomic E-state index is 11.6. The molecular formula is C15H32O2Si2. The Bertz CT molecular complexity index is 386. The minimum Gasteiger partial charge on any atom is -0.454 e. The van der Waals surface area contributed by atoms with Crippen molar-refractivity contribution in [2.75, 3.05) is 0 Å². The van der Waals surface area contributed by atoms with Gasteiger partial charge < -0.3 is 9.22 Å². The molecule has 0 aromatic heterocycles. The van der Waals surface area contributed by atoms with E-state index in [1.165, 1.54) is 6.42 Å². The van der Waals surface area contributed by atoms with Crippen LogP contribution in [0.2, 0.25) is 32.7 Å². The molecule has 0 aromatic carbocycles. The lowest BCUT2D eigenvalue weighted by atomic mass is 9.69. The Kier molecular flexibility index (Phi) is 3.28. The van der Waals surface area contributed by atoms with Crippen LogP contribution >= 0.6 is 0 Å². The molecule has 2 aliphatic rings. The smallest absolute Gasteiger partial charge is 0.206 e. The van der Waals surface area contributed by atoms with Gasteiger partial charge in [-0.05, 0) is 63.3 Å². The van der Waals surface area contributed by atoms with E-state index in [1.807, 2.05) is 0 Å². The first-order valence-electron chi connectivity index (χ1n) is 7.69. The van der Waals surface area contributed by atoms with E-state index in [-0.39, 0.29) is 10.8 Å². The number of hydrogen-bond donors (Lipinski definition) is 1. The molecule has 112 valence electrons. The molecule has 2 bridgehead atoms. The van der Waals surface area contributed by atoms with Crippen molar-refractivity contribution in [1.29, 1.82) is 0 Å². The van der Waals surface area contributed by atoms with Crippen molar-refractivity contribution >= 4 is 16.6 Å². The van der Waals surface area contributed by atoms with Gasteiger partial charge in [-0.15, -0.1) is 0 Å². The summed E-state index contributed by atoms with van der Waals surface area (Å²) in [6.45, 7) is 18.3. The van der Waals surface area contributed by atoms with Crippen molar-refractivity contribution in [3.05, 3.63) is 0 Å². The number of fused-ring (bicyclic) bond motifs is 2. The van der Waals surface area contributed by atoms with E-state index in [0.717, 1.165) is 12.8 Å². The van der Waals surface area contributed by atoms with Crippen LogP contribution in [-0.2, 0) is 4.12 Å². The van der Waals surface area contributed by atoms with Crippen LogP contribution in [0, 0.1) is 16.7 Å². The first-order chi connectivity index (χ1) is 8.27. The molecule has 1 N–H and O–H groups in total. The van der Waals surface area contributed by atoms with Crippen molar-refractivity contribution in [2.24, 2.45) is 16.7 Å². The number of hydrogen-bond acceptors (Lipinski definition) is 2. The molecule has 0 spiro atoms. The second-order valence-electron chi connectivity index (χ2n) is 9.08. The van der Waals surface area contributed by atoms with E-state index in [2.05, 4.69) is 53.5 Å². The maximum Gasteiger partial charge on any atom is 0.206 e. The average molecular weight is 301 g/mol. The lowest BCUT2D eigenvalue weighted by molar-refractivity contribution is -0.0413. The van der Waals surface area contributed by atoms with Gasteiger partial charge in [0.15, 0.2) is 8.32 Å². The Balaban J connectivity index is 2.40. The van der Waals surface area contributed by atoms with Crippen LogP contribution in [0.15, 0.2) is 0 Å². The second kappa shape index (κ2) is 3.96. The highest BCUT2D eigenvalue weighted by Crippen LogP contribution is 2.71. The summed E-state index contributed by atoms with van der Waals surface area (Å²) < 4.78 is 6.55. The third-order valence-electron chi connectivity index (χ3n) is 6.45. The van der Waals surface area contributed by atoms with Crippen LogP contribution in [0.3, 0.4) is 0 Å². The Morgan fingerprint density at radius 1 is 1.05 bits per heavy atom. The van der Waals surface area contributed by atoms with Gasteiger partial charge >= 0.3 is 0 Å². The molecule has 0 saturated heterocycles. The third-order valence-corrected chi connectivity index (χ3v) is 13.7. The van der Waals surface area contributed by atoms with Crippen LogP contribution < -0.4 is 0 Å². The van der Waals surface area contributed by atoms with Crippen LogP contribution in [0.25, 0.3) is 0 Å². The molecule has 19 heavy (non-hydrogen) atoms. The highest BCUT2D eigenvalue weighted by atomic mass is 28.4. The Morgan fingerprint density at radius 3 is 1.89 bits per heavy atom. The van der Waals surface area contributed by atoms with Gasteiger partial charge in [-0.25, -0.2) is 0 Å². The monoisotopic (exact) mass is 300 g/mol. The summed E-state index contributed by atoms with van der Waals surface area (Å²) in [7, 11) is -3.74. The highest BCUT2D eigenvalue weighted by molar-refractivity contribution is 6.85. The van der Waals surface area contributed by atoms with Gasteiger partial charge in [-0.2, -0.15) is 0 Å². The Labute approximate surface area is 121 Å². The summed E-state index contributed by atoms with van der Waals surface area (Å²) in [5, 5.41) is 11.1. The van der Waals surface area contributed by atoms with Crippen LogP contribution in [0.4, 0.5) is 0 Å². The van der Waals surface area contributed by atoms with Crippen molar-refractivity contribution in [1.82, 2.24) is 0 Å². The minimum absolute atomic E-state index is 0.0278. The van der Waals surface area contributed by atoms with Gasteiger partial charge in [0.05, 0.1) is 5.22 Å². The predicted octanol–water partition coefficient (Wildman–Crippen LogP) is 4.16.